The Balaban J connectivity index is 2.14. The molecule has 6 heteroatoms. The lowest BCUT2D eigenvalue weighted by Gasteiger charge is -2.27. The van der Waals surface area contributed by atoms with Gasteiger partial charge in [0.25, 0.3) is 0 Å². The van der Waals surface area contributed by atoms with Crippen molar-refractivity contribution in [1.82, 2.24) is 0 Å². The lowest BCUT2D eigenvalue weighted by Crippen LogP contribution is -2.19. The Hall–Kier alpha value is -1.13. The number of benzene rings is 2. The highest BCUT2D eigenvalue weighted by atomic mass is 35.5. The zero-order valence-corrected chi connectivity index (χ0v) is 18.8. The Labute approximate surface area is 182 Å². The molecule has 0 heterocycles. The highest BCUT2D eigenvalue weighted by Crippen LogP contribution is 2.40. The zero-order valence-electron chi connectivity index (χ0n) is 16.6. The van der Waals surface area contributed by atoms with Crippen molar-refractivity contribution in [2.75, 3.05) is 32.8 Å². The summed E-state index contributed by atoms with van der Waals surface area (Å²) in [5.74, 6) is 1.88. The summed E-state index contributed by atoms with van der Waals surface area (Å²) >= 11 is 18.6. The first-order valence-corrected chi connectivity index (χ1v) is 10.6. The van der Waals surface area contributed by atoms with Crippen molar-refractivity contribution in [3.05, 3.63) is 57.6 Å². The number of methoxy groups -OCH3 is 1. The molecule has 3 nitrogen and oxygen atoms in total. The van der Waals surface area contributed by atoms with Crippen LogP contribution in [-0.2, 0) is 10.2 Å². The number of rotatable bonds is 11. The molecule has 28 heavy (non-hydrogen) atoms. The Bertz CT molecular complexity index is 722. The van der Waals surface area contributed by atoms with Crippen LogP contribution >= 0.6 is 34.8 Å². The number of hydrogen-bond donors (Lipinski definition) is 0. The van der Waals surface area contributed by atoms with Crippen molar-refractivity contribution in [2.45, 2.75) is 32.1 Å². The largest absolute Gasteiger partial charge is 0.494 e. The third-order valence-electron chi connectivity index (χ3n) is 4.58. The SMILES string of the molecule is COCCCOc1ccc(C(C)(C)c2cc(Cl)c(OCCCCl)c(Cl)c2)cc1. The van der Waals surface area contributed by atoms with Gasteiger partial charge in [0.2, 0.25) is 0 Å². The van der Waals surface area contributed by atoms with Gasteiger partial charge in [0.15, 0.2) is 5.75 Å². The first-order valence-electron chi connectivity index (χ1n) is 9.30. The van der Waals surface area contributed by atoms with Gasteiger partial charge in [-0.15, -0.1) is 11.6 Å². The molecule has 154 valence electrons. The summed E-state index contributed by atoms with van der Waals surface area (Å²) < 4.78 is 16.4. The van der Waals surface area contributed by atoms with Crippen molar-refractivity contribution < 1.29 is 14.2 Å². The van der Waals surface area contributed by atoms with Crippen LogP contribution < -0.4 is 9.47 Å². The van der Waals surface area contributed by atoms with E-state index in [4.69, 9.17) is 49.0 Å². The summed E-state index contributed by atoms with van der Waals surface area (Å²) in [5.41, 5.74) is 1.87. The third kappa shape index (κ3) is 6.18. The standard InChI is InChI=1S/C22H27Cl3O3/c1-22(2,16-6-8-18(9-7-16)27-13-5-11-26-3)17-14-19(24)21(20(25)15-17)28-12-4-10-23/h6-9,14-15H,4-5,10-13H2,1-3H3. The van der Waals surface area contributed by atoms with Crippen LogP contribution in [0, 0.1) is 0 Å². The van der Waals surface area contributed by atoms with Gasteiger partial charge in [0.1, 0.15) is 5.75 Å². The van der Waals surface area contributed by atoms with Gasteiger partial charge in [-0.3, -0.25) is 0 Å². The predicted octanol–water partition coefficient (Wildman–Crippen LogP) is 6.74. The van der Waals surface area contributed by atoms with E-state index in [1.165, 1.54) is 0 Å². The van der Waals surface area contributed by atoms with Gasteiger partial charge in [0.05, 0.1) is 23.3 Å². The van der Waals surface area contributed by atoms with Crippen LogP contribution in [0.5, 0.6) is 11.5 Å². The van der Waals surface area contributed by atoms with Crippen molar-refractivity contribution in [3.63, 3.8) is 0 Å². The van der Waals surface area contributed by atoms with Gasteiger partial charge >= 0.3 is 0 Å². The quantitative estimate of drug-likeness (QED) is 0.283. The second-order valence-corrected chi connectivity index (χ2v) is 8.20. The summed E-state index contributed by atoms with van der Waals surface area (Å²) in [6.45, 7) is 6.08. The van der Waals surface area contributed by atoms with E-state index < -0.39 is 0 Å². The van der Waals surface area contributed by atoms with Crippen LogP contribution in [0.1, 0.15) is 37.8 Å². The van der Waals surface area contributed by atoms with Crippen molar-refractivity contribution in [2.24, 2.45) is 0 Å². The Morgan fingerprint density at radius 3 is 2.00 bits per heavy atom. The lowest BCUT2D eigenvalue weighted by atomic mass is 9.78. The minimum atomic E-state index is -0.281. The van der Waals surface area contributed by atoms with Crippen molar-refractivity contribution in [3.8, 4) is 11.5 Å². The van der Waals surface area contributed by atoms with E-state index in [1.54, 1.807) is 7.11 Å². The fourth-order valence-electron chi connectivity index (χ4n) is 2.82. The third-order valence-corrected chi connectivity index (χ3v) is 5.41. The second-order valence-electron chi connectivity index (χ2n) is 7.00. The molecular weight excluding hydrogens is 419 g/mol. The normalized spacial score (nSPS) is 11.5. The van der Waals surface area contributed by atoms with Gasteiger partial charge in [-0.25, -0.2) is 0 Å². The maximum absolute atomic E-state index is 6.44. The predicted molar refractivity (Wildman–Crippen MR) is 118 cm³/mol. The fourth-order valence-corrected chi connectivity index (χ4v) is 3.52. The van der Waals surface area contributed by atoms with Crippen LogP contribution in [-0.4, -0.2) is 32.8 Å². The Kier molecular flexibility index (Phi) is 9.23. The average molecular weight is 446 g/mol. The Morgan fingerprint density at radius 2 is 1.43 bits per heavy atom. The molecule has 0 atom stereocenters. The molecule has 0 aliphatic rings. The van der Waals surface area contributed by atoms with Crippen LogP contribution in [0.3, 0.4) is 0 Å². The van der Waals surface area contributed by atoms with E-state index in [2.05, 4.69) is 26.0 Å². The monoisotopic (exact) mass is 444 g/mol. The topological polar surface area (TPSA) is 27.7 Å². The molecule has 0 spiro atoms. The van der Waals surface area contributed by atoms with Crippen LogP contribution in [0.4, 0.5) is 0 Å². The molecule has 0 amide bonds. The van der Waals surface area contributed by atoms with Gasteiger partial charge in [-0.1, -0.05) is 49.2 Å². The summed E-state index contributed by atoms with van der Waals surface area (Å²) in [7, 11) is 1.69. The Morgan fingerprint density at radius 1 is 0.821 bits per heavy atom. The summed E-state index contributed by atoms with van der Waals surface area (Å²) in [5, 5.41) is 1.01. The molecule has 0 radical (unpaired) electrons. The van der Waals surface area contributed by atoms with E-state index in [9.17, 15) is 0 Å². The molecule has 0 bridgehead atoms. The minimum absolute atomic E-state index is 0.281. The average Bonchev–Trinajstić information content (AvgIpc) is 2.67. The first-order chi connectivity index (χ1) is 13.4. The molecule has 0 fully saturated rings. The zero-order chi connectivity index (χ0) is 20.6. The maximum atomic E-state index is 6.44. The fraction of sp³-hybridized carbons (Fsp3) is 0.455. The molecule has 2 aromatic carbocycles. The molecule has 0 saturated carbocycles. The van der Waals surface area contributed by atoms with Crippen LogP contribution in [0.25, 0.3) is 0 Å². The number of halogens is 3. The summed E-state index contributed by atoms with van der Waals surface area (Å²) in [6.07, 6.45) is 1.60. The minimum Gasteiger partial charge on any atom is -0.494 e. The van der Waals surface area contributed by atoms with E-state index in [0.717, 1.165) is 29.7 Å². The number of hydrogen-bond acceptors (Lipinski definition) is 3. The van der Waals surface area contributed by atoms with Crippen LogP contribution in [0.2, 0.25) is 10.0 Å². The van der Waals surface area contributed by atoms with E-state index in [0.29, 0.717) is 41.5 Å². The molecule has 0 aliphatic carbocycles. The smallest absolute Gasteiger partial charge is 0.156 e. The maximum Gasteiger partial charge on any atom is 0.156 e. The lowest BCUT2D eigenvalue weighted by molar-refractivity contribution is 0.172. The first kappa shape index (κ1) is 23.2. The van der Waals surface area contributed by atoms with Crippen molar-refractivity contribution in [1.29, 1.82) is 0 Å². The summed E-state index contributed by atoms with van der Waals surface area (Å²) in [4.78, 5) is 0. The van der Waals surface area contributed by atoms with Crippen LogP contribution in [0.15, 0.2) is 36.4 Å². The molecule has 0 N–H and O–H groups in total. The highest BCUT2D eigenvalue weighted by molar-refractivity contribution is 6.37. The molecule has 0 unspecified atom stereocenters. The highest BCUT2D eigenvalue weighted by Gasteiger charge is 2.25. The molecular formula is C22H27Cl3O3. The molecule has 2 rings (SSSR count). The van der Waals surface area contributed by atoms with E-state index in [1.807, 2.05) is 24.3 Å². The molecule has 2 aromatic rings. The van der Waals surface area contributed by atoms with Gasteiger partial charge in [-0.05, 0) is 41.8 Å². The summed E-state index contributed by atoms with van der Waals surface area (Å²) in [6, 6.07) is 11.9. The van der Waals surface area contributed by atoms with Gasteiger partial charge in [0, 0.05) is 31.4 Å². The van der Waals surface area contributed by atoms with Gasteiger partial charge < -0.3 is 14.2 Å². The second kappa shape index (κ2) is 11.2. The van der Waals surface area contributed by atoms with E-state index in [-0.39, 0.29) is 5.41 Å². The number of ether oxygens (including phenoxy) is 3. The molecule has 0 saturated heterocycles. The van der Waals surface area contributed by atoms with Gasteiger partial charge in [-0.2, -0.15) is 0 Å². The molecule has 0 aromatic heterocycles. The van der Waals surface area contributed by atoms with Crippen molar-refractivity contribution >= 4 is 34.8 Å². The number of alkyl halides is 1. The molecule has 0 aliphatic heterocycles. The van der Waals surface area contributed by atoms with E-state index >= 15 is 0 Å².